The summed E-state index contributed by atoms with van der Waals surface area (Å²) in [6, 6.07) is 3.80. The van der Waals surface area contributed by atoms with Crippen molar-refractivity contribution in [2.24, 2.45) is 0 Å². The van der Waals surface area contributed by atoms with Gasteiger partial charge in [0.2, 0.25) is 0 Å². The number of aromatic nitrogens is 3. The maximum absolute atomic E-state index is 13.6. The van der Waals surface area contributed by atoms with Gasteiger partial charge in [0.1, 0.15) is 11.3 Å². The summed E-state index contributed by atoms with van der Waals surface area (Å²) in [5, 5.41) is 5.07. The second kappa shape index (κ2) is 7.39. The average Bonchev–Trinajstić information content (AvgIpc) is 3.08. The standard InChI is InChI=1S/C17H8F8N4O/c18-10-6-26-7-11(19)14(10)15(30)27-8-1-3-9(4-2-8)29-13(17(23,24)25)5-12(28-29)16(20,21)22/h1-7H,(H,27,30). The minimum atomic E-state index is -5.13. The molecular weight excluding hydrogens is 428 g/mol. The van der Waals surface area contributed by atoms with E-state index in [-0.39, 0.29) is 16.4 Å². The number of carbonyl (C=O) groups is 1. The Bertz CT molecular complexity index is 1070. The first-order valence-electron chi connectivity index (χ1n) is 7.83. The Morgan fingerprint density at radius 3 is 1.97 bits per heavy atom. The molecular formula is C17H8F8N4O. The van der Waals surface area contributed by atoms with E-state index in [2.05, 4.69) is 15.4 Å². The van der Waals surface area contributed by atoms with E-state index in [1.165, 1.54) is 0 Å². The van der Waals surface area contributed by atoms with Gasteiger partial charge in [-0.15, -0.1) is 0 Å². The molecule has 0 saturated carbocycles. The highest BCUT2D eigenvalue weighted by Crippen LogP contribution is 2.36. The van der Waals surface area contributed by atoms with E-state index in [0.717, 1.165) is 24.3 Å². The summed E-state index contributed by atoms with van der Waals surface area (Å²) in [5.74, 6) is -3.68. The number of carbonyl (C=O) groups excluding carboxylic acids is 1. The molecule has 0 spiro atoms. The van der Waals surface area contributed by atoms with Gasteiger partial charge in [-0.1, -0.05) is 0 Å². The summed E-state index contributed by atoms with van der Waals surface area (Å²) in [4.78, 5) is 15.2. The number of pyridine rings is 1. The third-order valence-corrected chi connectivity index (χ3v) is 3.74. The van der Waals surface area contributed by atoms with Crippen LogP contribution in [-0.2, 0) is 12.4 Å². The Kier molecular flexibility index (Phi) is 5.22. The van der Waals surface area contributed by atoms with Crippen molar-refractivity contribution >= 4 is 11.6 Å². The highest BCUT2D eigenvalue weighted by molar-refractivity contribution is 6.04. The van der Waals surface area contributed by atoms with Gasteiger partial charge in [0, 0.05) is 11.8 Å². The molecule has 30 heavy (non-hydrogen) atoms. The Morgan fingerprint density at radius 2 is 1.47 bits per heavy atom. The van der Waals surface area contributed by atoms with Crippen molar-refractivity contribution in [3.8, 4) is 5.69 Å². The quantitative estimate of drug-likeness (QED) is 0.599. The zero-order valence-corrected chi connectivity index (χ0v) is 14.3. The van der Waals surface area contributed by atoms with Crippen LogP contribution in [0.5, 0.6) is 0 Å². The molecule has 2 aromatic heterocycles. The van der Waals surface area contributed by atoms with Gasteiger partial charge < -0.3 is 5.32 Å². The Hall–Kier alpha value is -3.51. The van der Waals surface area contributed by atoms with Gasteiger partial charge in [0.15, 0.2) is 17.3 Å². The van der Waals surface area contributed by atoms with Crippen molar-refractivity contribution in [1.82, 2.24) is 14.8 Å². The van der Waals surface area contributed by atoms with Gasteiger partial charge in [-0.05, 0) is 24.3 Å². The fraction of sp³-hybridized carbons (Fsp3) is 0.118. The second-order valence-electron chi connectivity index (χ2n) is 5.80. The van der Waals surface area contributed by atoms with Crippen LogP contribution < -0.4 is 5.32 Å². The van der Waals surface area contributed by atoms with E-state index in [0.29, 0.717) is 12.4 Å². The number of alkyl halides is 6. The highest BCUT2D eigenvalue weighted by Gasteiger charge is 2.42. The van der Waals surface area contributed by atoms with E-state index in [1.54, 1.807) is 0 Å². The summed E-state index contributed by atoms with van der Waals surface area (Å²) in [6.07, 6.45) is -9.01. The van der Waals surface area contributed by atoms with Crippen molar-refractivity contribution in [2.75, 3.05) is 5.32 Å². The molecule has 0 unspecified atom stereocenters. The third-order valence-electron chi connectivity index (χ3n) is 3.74. The van der Waals surface area contributed by atoms with Crippen molar-refractivity contribution in [3.05, 3.63) is 71.3 Å². The van der Waals surface area contributed by atoms with Crippen LogP contribution in [0.25, 0.3) is 5.69 Å². The van der Waals surface area contributed by atoms with Crippen LogP contribution in [-0.4, -0.2) is 20.7 Å². The molecule has 0 saturated heterocycles. The van der Waals surface area contributed by atoms with Crippen molar-refractivity contribution < 1.29 is 39.9 Å². The Labute approximate surface area is 162 Å². The summed E-state index contributed by atoms with van der Waals surface area (Å²) in [6.45, 7) is 0. The molecule has 3 rings (SSSR count). The van der Waals surface area contributed by atoms with Crippen LogP contribution in [0.2, 0.25) is 0 Å². The lowest BCUT2D eigenvalue weighted by molar-refractivity contribution is -0.143. The number of hydrogen-bond acceptors (Lipinski definition) is 3. The zero-order chi connectivity index (χ0) is 22.3. The topological polar surface area (TPSA) is 59.8 Å². The van der Waals surface area contributed by atoms with Gasteiger partial charge in [0.25, 0.3) is 5.91 Å². The van der Waals surface area contributed by atoms with Crippen LogP contribution >= 0.6 is 0 Å². The molecule has 0 aliphatic carbocycles. The van der Waals surface area contributed by atoms with Gasteiger partial charge in [0.05, 0.1) is 18.1 Å². The first-order valence-corrected chi connectivity index (χ1v) is 7.83. The Balaban J connectivity index is 1.91. The third kappa shape index (κ3) is 4.23. The smallest absolute Gasteiger partial charge is 0.322 e. The van der Waals surface area contributed by atoms with Gasteiger partial charge >= 0.3 is 12.4 Å². The monoisotopic (exact) mass is 436 g/mol. The van der Waals surface area contributed by atoms with Crippen molar-refractivity contribution in [2.45, 2.75) is 12.4 Å². The number of benzene rings is 1. The lowest BCUT2D eigenvalue weighted by atomic mass is 10.2. The predicted octanol–water partition coefficient (Wildman–Crippen LogP) is 4.84. The summed E-state index contributed by atoms with van der Waals surface area (Å²) in [5.41, 5.74) is -4.81. The SMILES string of the molecule is O=C(Nc1ccc(-n2nc(C(F)(F)F)cc2C(F)(F)F)cc1)c1c(F)cncc1F. The minimum Gasteiger partial charge on any atom is -0.322 e. The molecule has 3 aromatic rings. The molecule has 2 heterocycles. The van der Waals surface area contributed by atoms with Gasteiger partial charge in [-0.25, -0.2) is 13.5 Å². The number of amides is 1. The molecule has 0 fully saturated rings. The average molecular weight is 436 g/mol. The van der Waals surface area contributed by atoms with E-state index in [4.69, 9.17) is 0 Å². The summed E-state index contributed by atoms with van der Waals surface area (Å²) < 4.78 is 105. The number of rotatable bonds is 3. The minimum absolute atomic E-state index is 0.0522. The summed E-state index contributed by atoms with van der Waals surface area (Å²) in [7, 11) is 0. The lowest BCUT2D eigenvalue weighted by Gasteiger charge is -2.11. The van der Waals surface area contributed by atoms with E-state index < -0.39 is 52.5 Å². The molecule has 5 nitrogen and oxygen atoms in total. The van der Waals surface area contributed by atoms with Crippen LogP contribution in [0.3, 0.4) is 0 Å². The fourth-order valence-electron chi connectivity index (χ4n) is 2.43. The number of halogens is 8. The summed E-state index contributed by atoms with van der Waals surface area (Å²) >= 11 is 0. The van der Waals surface area contributed by atoms with Gasteiger partial charge in [-0.3, -0.25) is 9.78 Å². The van der Waals surface area contributed by atoms with Crippen LogP contribution in [0.1, 0.15) is 21.7 Å². The maximum Gasteiger partial charge on any atom is 0.435 e. The molecule has 13 heteroatoms. The number of nitrogens with zero attached hydrogens (tertiary/aromatic N) is 3. The normalized spacial score (nSPS) is 12.1. The van der Waals surface area contributed by atoms with Crippen molar-refractivity contribution in [3.63, 3.8) is 0 Å². The number of nitrogens with one attached hydrogen (secondary N) is 1. The highest BCUT2D eigenvalue weighted by atomic mass is 19.4. The maximum atomic E-state index is 13.6. The predicted molar refractivity (Wildman–Crippen MR) is 85.7 cm³/mol. The molecule has 1 amide bonds. The first-order chi connectivity index (χ1) is 13.9. The van der Waals surface area contributed by atoms with Crippen molar-refractivity contribution in [1.29, 1.82) is 0 Å². The van der Waals surface area contributed by atoms with Crippen LogP contribution in [0.4, 0.5) is 40.8 Å². The Morgan fingerprint density at radius 1 is 0.900 bits per heavy atom. The molecule has 0 atom stereocenters. The molecule has 1 N–H and O–H groups in total. The molecule has 1 aromatic carbocycles. The molecule has 0 bridgehead atoms. The lowest BCUT2D eigenvalue weighted by Crippen LogP contribution is -2.16. The zero-order valence-electron chi connectivity index (χ0n) is 14.3. The van der Waals surface area contributed by atoms with Crippen LogP contribution in [0.15, 0.2) is 42.7 Å². The molecule has 0 radical (unpaired) electrons. The largest absolute Gasteiger partial charge is 0.435 e. The van der Waals surface area contributed by atoms with E-state index >= 15 is 0 Å². The van der Waals surface area contributed by atoms with E-state index in [1.807, 2.05) is 0 Å². The molecule has 0 aliphatic heterocycles. The first kappa shape index (κ1) is 21.2. The second-order valence-corrected chi connectivity index (χ2v) is 5.80. The molecule has 158 valence electrons. The molecule has 0 aliphatic rings. The number of hydrogen-bond donors (Lipinski definition) is 1. The van der Waals surface area contributed by atoms with E-state index in [9.17, 15) is 39.9 Å². The number of anilines is 1. The van der Waals surface area contributed by atoms with Crippen LogP contribution in [0, 0.1) is 11.6 Å². The van der Waals surface area contributed by atoms with Gasteiger partial charge in [-0.2, -0.15) is 31.4 Å². The fourth-order valence-corrected chi connectivity index (χ4v) is 2.43.